The fourth-order valence-electron chi connectivity index (χ4n) is 4.67. The fourth-order valence-corrected chi connectivity index (χ4v) is 4.67. The Balaban J connectivity index is 1.25. The van der Waals surface area contributed by atoms with Crippen LogP contribution < -0.4 is 20.5 Å². The van der Waals surface area contributed by atoms with E-state index in [-0.39, 0.29) is 5.56 Å². The number of nitrogens with one attached hydrogen (secondary N) is 2. The first-order valence-electron chi connectivity index (χ1n) is 12.1. The summed E-state index contributed by atoms with van der Waals surface area (Å²) in [5.41, 5.74) is 6.08. The zero-order valence-electron chi connectivity index (χ0n) is 20.0. The van der Waals surface area contributed by atoms with Gasteiger partial charge in [0, 0.05) is 54.3 Å². The summed E-state index contributed by atoms with van der Waals surface area (Å²) in [7, 11) is 0. The van der Waals surface area contributed by atoms with Crippen LogP contribution in [0.3, 0.4) is 0 Å². The van der Waals surface area contributed by atoms with Gasteiger partial charge in [0.2, 0.25) is 0 Å². The summed E-state index contributed by atoms with van der Waals surface area (Å²) in [6.07, 6.45) is 2.42. The summed E-state index contributed by atoms with van der Waals surface area (Å²) in [5, 5.41) is 12.4. The molecule has 3 aromatic heterocycles. The first-order chi connectivity index (χ1) is 18.2. The third kappa shape index (κ3) is 4.75. The van der Waals surface area contributed by atoms with Gasteiger partial charge in [0.15, 0.2) is 5.75 Å². The molecule has 5 heterocycles. The highest BCUT2D eigenvalue weighted by Gasteiger charge is 2.23. The van der Waals surface area contributed by atoms with Gasteiger partial charge in [0.05, 0.1) is 31.1 Å². The predicted octanol–water partition coefficient (Wildman–Crippen LogP) is 3.85. The highest BCUT2D eigenvalue weighted by Crippen LogP contribution is 2.42. The summed E-state index contributed by atoms with van der Waals surface area (Å²) in [4.78, 5) is 26.5. The van der Waals surface area contributed by atoms with Crippen LogP contribution in [0, 0.1) is 11.3 Å². The van der Waals surface area contributed by atoms with E-state index < -0.39 is 0 Å². The molecule has 0 aliphatic carbocycles. The molecule has 0 atom stereocenters. The van der Waals surface area contributed by atoms with Gasteiger partial charge in [0.25, 0.3) is 5.56 Å². The molecule has 184 valence electrons. The van der Waals surface area contributed by atoms with E-state index in [0.717, 1.165) is 47.0 Å². The summed E-state index contributed by atoms with van der Waals surface area (Å²) in [6.45, 7) is 3.26. The quantitative estimate of drug-likeness (QED) is 0.380. The molecule has 4 aromatic rings. The molecule has 2 N–H and O–H groups in total. The van der Waals surface area contributed by atoms with Crippen molar-refractivity contribution in [1.29, 1.82) is 5.26 Å². The molecule has 9 heteroatoms. The zero-order valence-corrected chi connectivity index (χ0v) is 20.0. The van der Waals surface area contributed by atoms with Crippen molar-refractivity contribution in [3.8, 4) is 29.0 Å². The van der Waals surface area contributed by atoms with Crippen molar-refractivity contribution in [2.45, 2.75) is 13.0 Å². The lowest BCUT2D eigenvalue weighted by atomic mass is 9.99. The molecule has 2 aliphatic heterocycles. The van der Waals surface area contributed by atoms with Crippen LogP contribution in [-0.4, -0.2) is 41.3 Å². The number of hydrogen-bond acceptors (Lipinski definition) is 8. The Labute approximate surface area is 213 Å². The van der Waals surface area contributed by atoms with Crippen LogP contribution in [0.2, 0.25) is 0 Å². The SMILES string of the molecule is N#Cc1cccc(CNc2ccc3c(c2)Cc2ccnc(-c4cc(N5CCOCC5)cc(=O)[nH]4)c2O3)n1. The molecule has 0 saturated carbocycles. The maximum absolute atomic E-state index is 12.5. The highest BCUT2D eigenvalue weighted by molar-refractivity contribution is 5.71. The molecule has 0 spiro atoms. The van der Waals surface area contributed by atoms with Gasteiger partial charge in [-0.2, -0.15) is 5.26 Å². The second-order valence-corrected chi connectivity index (χ2v) is 8.94. The van der Waals surface area contributed by atoms with Crippen LogP contribution in [0.1, 0.15) is 22.5 Å². The lowest BCUT2D eigenvalue weighted by Gasteiger charge is -2.29. The van der Waals surface area contributed by atoms with E-state index in [9.17, 15) is 4.79 Å². The maximum atomic E-state index is 12.5. The van der Waals surface area contributed by atoms with E-state index in [1.807, 2.05) is 36.4 Å². The molecule has 0 bridgehead atoms. The Kier molecular flexibility index (Phi) is 6.00. The van der Waals surface area contributed by atoms with Gasteiger partial charge in [-0.05, 0) is 42.5 Å². The van der Waals surface area contributed by atoms with Crippen LogP contribution >= 0.6 is 0 Å². The van der Waals surface area contributed by atoms with Crippen LogP contribution in [0.15, 0.2) is 65.6 Å². The second-order valence-electron chi connectivity index (χ2n) is 8.94. The van der Waals surface area contributed by atoms with Gasteiger partial charge in [0.1, 0.15) is 23.2 Å². The average molecular weight is 493 g/mol. The number of anilines is 2. The molecule has 1 fully saturated rings. The molecular weight excluding hydrogens is 468 g/mol. The van der Waals surface area contributed by atoms with Crippen LogP contribution in [0.25, 0.3) is 11.4 Å². The lowest BCUT2D eigenvalue weighted by molar-refractivity contribution is 0.122. The molecule has 9 nitrogen and oxygen atoms in total. The van der Waals surface area contributed by atoms with Crippen LogP contribution in [0.4, 0.5) is 11.4 Å². The normalized spacial score (nSPS) is 14.2. The van der Waals surface area contributed by atoms with Crippen molar-refractivity contribution in [3.05, 3.63) is 93.7 Å². The van der Waals surface area contributed by atoms with E-state index in [4.69, 9.17) is 14.7 Å². The molecule has 0 amide bonds. The Morgan fingerprint density at radius 3 is 2.84 bits per heavy atom. The largest absolute Gasteiger partial charge is 0.454 e. The van der Waals surface area contributed by atoms with E-state index in [1.54, 1.807) is 18.3 Å². The molecule has 0 unspecified atom stereocenters. The molecule has 1 aromatic carbocycles. The number of H-pyrrole nitrogens is 1. The molecule has 1 saturated heterocycles. The lowest BCUT2D eigenvalue weighted by Crippen LogP contribution is -2.36. The van der Waals surface area contributed by atoms with Gasteiger partial charge in [-0.3, -0.25) is 9.78 Å². The number of rotatable bonds is 5. The number of pyridine rings is 3. The summed E-state index contributed by atoms with van der Waals surface area (Å²) < 4.78 is 11.8. The molecule has 37 heavy (non-hydrogen) atoms. The topological polar surface area (TPSA) is 116 Å². The number of aromatic nitrogens is 3. The first-order valence-corrected chi connectivity index (χ1v) is 12.1. The van der Waals surface area contributed by atoms with Gasteiger partial charge >= 0.3 is 0 Å². The smallest absolute Gasteiger partial charge is 0.250 e. The number of fused-ring (bicyclic) bond motifs is 2. The van der Waals surface area contributed by atoms with E-state index in [2.05, 4.69) is 37.3 Å². The van der Waals surface area contributed by atoms with Crippen molar-refractivity contribution in [2.75, 3.05) is 36.5 Å². The summed E-state index contributed by atoms with van der Waals surface area (Å²) in [6, 6.07) is 18.9. The number of benzene rings is 1. The van der Waals surface area contributed by atoms with Crippen molar-refractivity contribution in [3.63, 3.8) is 0 Å². The zero-order chi connectivity index (χ0) is 25.2. The fraction of sp³-hybridized carbons (Fsp3) is 0.214. The van der Waals surface area contributed by atoms with Gasteiger partial charge in [-0.25, -0.2) is 4.98 Å². The maximum Gasteiger partial charge on any atom is 0.250 e. The van der Waals surface area contributed by atoms with Crippen molar-refractivity contribution < 1.29 is 9.47 Å². The Morgan fingerprint density at radius 2 is 1.97 bits per heavy atom. The minimum absolute atomic E-state index is 0.180. The van der Waals surface area contributed by atoms with E-state index in [0.29, 0.717) is 49.0 Å². The number of ether oxygens (including phenoxy) is 2. The Hall–Kier alpha value is -4.68. The number of aromatic amines is 1. The second kappa shape index (κ2) is 9.76. The van der Waals surface area contributed by atoms with Crippen molar-refractivity contribution >= 4 is 11.4 Å². The van der Waals surface area contributed by atoms with Gasteiger partial charge in [-0.15, -0.1) is 0 Å². The molecule has 6 rings (SSSR count). The van der Waals surface area contributed by atoms with Crippen molar-refractivity contribution in [1.82, 2.24) is 15.0 Å². The Morgan fingerprint density at radius 1 is 1.08 bits per heavy atom. The monoisotopic (exact) mass is 492 g/mol. The average Bonchev–Trinajstić information content (AvgIpc) is 2.95. The van der Waals surface area contributed by atoms with Crippen LogP contribution in [0.5, 0.6) is 11.5 Å². The molecular formula is C28H24N6O3. The minimum atomic E-state index is -0.180. The van der Waals surface area contributed by atoms with Gasteiger partial charge in [-0.1, -0.05) is 6.07 Å². The number of nitrogens with zero attached hydrogens (tertiary/aromatic N) is 4. The van der Waals surface area contributed by atoms with Gasteiger partial charge < -0.3 is 24.7 Å². The molecule has 0 radical (unpaired) electrons. The summed E-state index contributed by atoms with van der Waals surface area (Å²) in [5.74, 6) is 1.41. The minimum Gasteiger partial charge on any atom is -0.454 e. The molecule has 2 aliphatic rings. The highest BCUT2D eigenvalue weighted by atomic mass is 16.5. The van der Waals surface area contributed by atoms with E-state index >= 15 is 0 Å². The van der Waals surface area contributed by atoms with E-state index in [1.165, 1.54) is 0 Å². The number of hydrogen-bond donors (Lipinski definition) is 2. The summed E-state index contributed by atoms with van der Waals surface area (Å²) >= 11 is 0. The Bertz CT molecular complexity index is 1570. The predicted molar refractivity (Wildman–Crippen MR) is 139 cm³/mol. The van der Waals surface area contributed by atoms with Crippen molar-refractivity contribution in [2.24, 2.45) is 0 Å². The third-order valence-electron chi connectivity index (χ3n) is 6.49. The third-order valence-corrected chi connectivity index (χ3v) is 6.49. The first kappa shape index (κ1) is 22.8. The number of morpholine rings is 1. The standard InChI is InChI=1S/C28H24N6O3/c29-16-21-2-1-3-22(32-21)17-31-20-4-5-25-19(13-20)12-18-6-7-30-27(28(18)37-25)24-14-23(15-26(35)33-24)34-8-10-36-11-9-34/h1-7,13-15,31H,8-12,17H2,(H,33,35). The van der Waals surface area contributed by atoms with Crippen LogP contribution in [-0.2, 0) is 17.7 Å². The number of nitriles is 1.